The molecule has 0 aliphatic carbocycles. The van der Waals surface area contributed by atoms with E-state index in [0.29, 0.717) is 35.8 Å². The maximum Gasteiger partial charge on any atom is 0.293 e. The van der Waals surface area contributed by atoms with Crippen LogP contribution < -0.4 is 15.0 Å². The molecule has 0 unspecified atom stereocenters. The predicted molar refractivity (Wildman–Crippen MR) is 121 cm³/mol. The van der Waals surface area contributed by atoms with Gasteiger partial charge in [0, 0.05) is 43.5 Å². The minimum atomic E-state index is -0.570. The second-order valence-corrected chi connectivity index (χ2v) is 8.88. The highest BCUT2D eigenvalue weighted by Crippen LogP contribution is 2.35. The van der Waals surface area contributed by atoms with Crippen LogP contribution in [0.25, 0.3) is 0 Å². The molecule has 0 radical (unpaired) electrons. The summed E-state index contributed by atoms with van der Waals surface area (Å²) in [5.41, 5.74) is 0.863. The van der Waals surface area contributed by atoms with Gasteiger partial charge in [0.1, 0.15) is 17.0 Å². The highest BCUT2D eigenvalue weighted by molar-refractivity contribution is 6.07. The highest BCUT2D eigenvalue weighted by atomic mass is 16.6. The van der Waals surface area contributed by atoms with Crippen molar-refractivity contribution in [3.05, 3.63) is 57.6 Å². The molecule has 1 fully saturated rings. The van der Waals surface area contributed by atoms with E-state index in [1.54, 1.807) is 30.3 Å². The van der Waals surface area contributed by atoms with Crippen molar-refractivity contribution in [2.24, 2.45) is 0 Å². The van der Waals surface area contributed by atoms with Gasteiger partial charge in [-0.05, 0) is 51.2 Å². The Kier molecular flexibility index (Phi) is 5.60. The maximum atomic E-state index is 12.8. The number of carbonyl (C=O) groups excluding carboxylic acids is 2. The van der Waals surface area contributed by atoms with Crippen molar-refractivity contribution in [3.8, 4) is 5.75 Å². The summed E-state index contributed by atoms with van der Waals surface area (Å²) < 4.78 is 5.84. The highest BCUT2D eigenvalue weighted by Gasteiger charge is 2.32. The SMILES string of the molecule is CN1CCN(c2ccc(C(=O)Nc3ccc4c(c3)C(=O)CC(C)(C)O4)cc2[N+](=O)[O-])CC1. The summed E-state index contributed by atoms with van der Waals surface area (Å²) in [6.45, 7) is 6.70. The number of nitrogens with one attached hydrogen (secondary N) is 1. The minimum Gasteiger partial charge on any atom is -0.487 e. The van der Waals surface area contributed by atoms with Crippen LogP contribution >= 0.6 is 0 Å². The molecule has 9 heteroatoms. The first-order valence-corrected chi connectivity index (χ1v) is 10.5. The number of carbonyl (C=O) groups is 2. The van der Waals surface area contributed by atoms with Crippen molar-refractivity contribution < 1.29 is 19.2 Å². The Morgan fingerprint density at radius 1 is 1.12 bits per heavy atom. The van der Waals surface area contributed by atoms with Crippen LogP contribution in [0.1, 0.15) is 41.0 Å². The zero-order valence-corrected chi connectivity index (χ0v) is 18.4. The van der Waals surface area contributed by atoms with E-state index in [4.69, 9.17) is 4.74 Å². The fraction of sp³-hybridized carbons (Fsp3) is 0.391. The van der Waals surface area contributed by atoms with E-state index < -0.39 is 16.4 Å². The monoisotopic (exact) mass is 438 g/mol. The van der Waals surface area contributed by atoms with Gasteiger partial charge in [0.15, 0.2) is 5.78 Å². The number of ketones is 1. The number of amides is 1. The van der Waals surface area contributed by atoms with Crippen molar-refractivity contribution in [2.45, 2.75) is 25.9 Å². The molecule has 2 aliphatic heterocycles. The van der Waals surface area contributed by atoms with Crippen LogP contribution in [0.3, 0.4) is 0 Å². The Morgan fingerprint density at radius 3 is 2.53 bits per heavy atom. The van der Waals surface area contributed by atoms with E-state index in [0.717, 1.165) is 13.1 Å². The van der Waals surface area contributed by atoms with Crippen LogP contribution in [0.5, 0.6) is 5.75 Å². The third-order valence-corrected chi connectivity index (χ3v) is 5.79. The summed E-state index contributed by atoms with van der Waals surface area (Å²) in [4.78, 5) is 40.6. The molecular formula is C23H26N4O5. The minimum absolute atomic E-state index is 0.0560. The van der Waals surface area contributed by atoms with E-state index in [-0.39, 0.29) is 23.5 Å². The quantitative estimate of drug-likeness (QED) is 0.576. The van der Waals surface area contributed by atoms with Gasteiger partial charge in [-0.2, -0.15) is 0 Å². The second kappa shape index (κ2) is 8.23. The molecule has 9 nitrogen and oxygen atoms in total. The van der Waals surface area contributed by atoms with Crippen molar-refractivity contribution in [1.82, 2.24) is 4.90 Å². The summed E-state index contributed by atoms with van der Waals surface area (Å²) in [5.74, 6) is -0.0570. The third-order valence-electron chi connectivity index (χ3n) is 5.79. The van der Waals surface area contributed by atoms with E-state index in [9.17, 15) is 19.7 Å². The van der Waals surface area contributed by atoms with Crippen LogP contribution in [0.4, 0.5) is 17.1 Å². The molecule has 2 heterocycles. The number of nitro benzene ring substituents is 1. The maximum absolute atomic E-state index is 12.8. The van der Waals surface area contributed by atoms with Gasteiger partial charge in [0.2, 0.25) is 0 Å². The number of benzene rings is 2. The van der Waals surface area contributed by atoms with Gasteiger partial charge in [-0.3, -0.25) is 19.7 Å². The zero-order chi connectivity index (χ0) is 23.0. The van der Waals surface area contributed by atoms with Crippen molar-refractivity contribution in [1.29, 1.82) is 0 Å². The molecule has 1 amide bonds. The summed E-state index contributed by atoms with van der Waals surface area (Å²) in [6.07, 6.45) is 0.247. The predicted octanol–water partition coefficient (Wildman–Crippen LogP) is 3.34. The zero-order valence-electron chi connectivity index (χ0n) is 18.4. The largest absolute Gasteiger partial charge is 0.487 e. The summed E-state index contributed by atoms with van der Waals surface area (Å²) in [7, 11) is 2.01. The van der Waals surface area contributed by atoms with Crippen LogP contribution in [0.2, 0.25) is 0 Å². The average Bonchev–Trinajstić information content (AvgIpc) is 2.73. The molecule has 0 saturated carbocycles. The van der Waals surface area contributed by atoms with Gasteiger partial charge in [-0.25, -0.2) is 0 Å². The topological polar surface area (TPSA) is 105 Å². The number of Topliss-reactive ketones (excluding diaryl/α,β-unsaturated/α-hetero) is 1. The lowest BCUT2D eigenvalue weighted by atomic mass is 9.93. The Hall–Kier alpha value is -3.46. The third kappa shape index (κ3) is 4.43. The summed E-state index contributed by atoms with van der Waals surface area (Å²) in [6, 6.07) is 9.41. The van der Waals surface area contributed by atoms with Gasteiger partial charge in [-0.1, -0.05) is 0 Å². The first-order chi connectivity index (χ1) is 15.1. The van der Waals surface area contributed by atoms with Crippen molar-refractivity contribution >= 4 is 28.8 Å². The molecule has 2 aromatic rings. The molecule has 4 rings (SSSR count). The molecule has 0 spiro atoms. The first kappa shape index (κ1) is 21.8. The van der Waals surface area contributed by atoms with Crippen LogP contribution in [0.15, 0.2) is 36.4 Å². The van der Waals surface area contributed by atoms with Crippen LogP contribution in [-0.2, 0) is 0 Å². The van der Waals surface area contributed by atoms with Gasteiger partial charge < -0.3 is 19.9 Å². The van der Waals surface area contributed by atoms with Crippen molar-refractivity contribution in [2.75, 3.05) is 43.4 Å². The number of nitro groups is 1. The number of hydrogen-bond donors (Lipinski definition) is 1. The van der Waals surface area contributed by atoms with Crippen LogP contribution in [-0.4, -0.2) is 60.3 Å². The lowest BCUT2D eigenvalue weighted by Gasteiger charge is -2.33. The lowest BCUT2D eigenvalue weighted by Crippen LogP contribution is -2.44. The molecule has 32 heavy (non-hydrogen) atoms. The molecule has 168 valence electrons. The molecular weight excluding hydrogens is 412 g/mol. The second-order valence-electron chi connectivity index (χ2n) is 8.88. The van der Waals surface area contributed by atoms with Gasteiger partial charge in [0.05, 0.1) is 16.9 Å². The Bertz CT molecular complexity index is 1090. The Balaban J connectivity index is 1.55. The molecule has 2 aromatic carbocycles. The van der Waals surface area contributed by atoms with Gasteiger partial charge in [0.25, 0.3) is 11.6 Å². The number of piperazine rings is 1. The molecule has 1 N–H and O–H groups in total. The summed E-state index contributed by atoms with van der Waals surface area (Å²) >= 11 is 0. The van der Waals surface area contributed by atoms with Crippen molar-refractivity contribution in [3.63, 3.8) is 0 Å². The lowest BCUT2D eigenvalue weighted by molar-refractivity contribution is -0.384. The van der Waals surface area contributed by atoms with Gasteiger partial charge >= 0.3 is 0 Å². The molecule has 2 aliphatic rings. The molecule has 0 atom stereocenters. The first-order valence-electron chi connectivity index (χ1n) is 10.5. The van der Waals surface area contributed by atoms with E-state index in [1.165, 1.54) is 6.07 Å². The number of nitrogens with zero attached hydrogens (tertiary/aromatic N) is 3. The Morgan fingerprint density at radius 2 is 1.84 bits per heavy atom. The number of fused-ring (bicyclic) bond motifs is 1. The number of likely N-dealkylation sites (N-methyl/N-ethyl adjacent to an activating group) is 1. The van der Waals surface area contributed by atoms with E-state index >= 15 is 0 Å². The average molecular weight is 438 g/mol. The number of rotatable bonds is 4. The standard InChI is InChI=1S/C23H26N4O5/c1-23(2)14-20(28)17-13-16(5-7-21(17)32-23)24-22(29)15-4-6-18(19(12-15)27(30)31)26-10-8-25(3)9-11-26/h4-7,12-13H,8-11,14H2,1-3H3,(H,24,29). The summed E-state index contributed by atoms with van der Waals surface area (Å²) in [5, 5.41) is 14.4. The normalized spacial score (nSPS) is 18.0. The number of hydrogen-bond acceptors (Lipinski definition) is 7. The molecule has 0 aromatic heterocycles. The van der Waals surface area contributed by atoms with E-state index in [1.807, 2.05) is 25.8 Å². The Labute approximate surface area is 186 Å². The molecule has 1 saturated heterocycles. The fourth-order valence-corrected chi connectivity index (χ4v) is 4.06. The van der Waals surface area contributed by atoms with Gasteiger partial charge in [-0.15, -0.1) is 0 Å². The number of ether oxygens (including phenoxy) is 1. The molecule has 0 bridgehead atoms. The van der Waals surface area contributed by atoms with Crippen LogP contribution in [0, 0.1) is 10.1 Å². The number of anilines is 2. The van der Waals surface area contributed by atoms with E-state index in [2.05, 4.69) is 10.2 Å². The fourth-order valence-electron chi connectivity index (χ4n) is 4.06. The smallest absolute Gasteiger partial charge is 0.293 e.